The van der Waals surface area contributed by atoms with Crippen molar-refractivity contribution < 1.29 is 9.53 Å². The zero-order chi connectivity index (χ0) is 18.4. The SMILES string of the molecule is COc1cccc(C(CNC(=O)Nc2c(C)cccc2C)N(C)C)c1. The van der Waals surface area contributed by atoms with Crippen LogP contribution in [0.2, 0.25) is 0 Å². The molecule has 134 valence electrons. The molecule has 0 aliphatic rings. The van der Waals surface area contributed by atoms with Crippen molar-refractivity contribution in [3.05, 3.63) is 59.2 Å². The summed E-state index contributed by atoms with van der Waals surface area (Å²) in [4.78, 5) is 14.4. The highest BCUT2D eigenvalue weighted by molar-refractivity contribution is 5.91. The summed E-state index contributed by atoms with van der Waals surface area (Å²) >= 11 is 0. The molecule has 2 N–H and O–H groups in total. The molecule has 0 bridgehead atoms. The maximum Gasteiger partial charge on any atom is 0.319 e. The fourth-order valence-electron chi connectivity index (χ4n) is 2.81. The number of para-hydroxylation sites is 1. The van der Waals surface area contributed by atoms with Gasteiger partial charge in [-0.1, -0.05) is 30.3 Å². The quantitative estimate of drug-likeness (QED) is 0.842. The number of anilines is 1. The first-order valence-electron chi connectivity index (χ1n) is 8.33. The third-order valence-electron chi connectivity index (χ3n) is 4.28. The van der Waals surface area contributed by atoms with Crippen molar-refractivity contribution >= 4 is 11.7 Å². The second-order valence-corrected chi connectivity index (χ2v) is 6.36. The van der Waals surface area contributed by atoms with Gasteiger partial charge in [-0.3, -0.25) is 0 Å². The van der Waals surface area contributed by atoms with Crippen LogP contribution in [0.1, 0.15) is 22.7 Å². The predicted octanol–water partition coefficient (Wildman–Crippen LogP) is 3.74. The second-order valence-electron chi connectivity index (χ2n) is 6.36. The molecular weight excluding hydrogens is 314 g/mol. The lowest BCUT2D eigenvalue weighted by molar-refractivity contribution is 0.243. The lowest BCUT2D eigenvalue weighted by Gasteiger charge is -2.25. The van der Waals surface area contributed by atoms with E-state index < -0.39 is 0 Å². The van der Waals surface area contributed by atoms with Crippen LogP contribution in [0.3, 0.4) is 0 Å². The van der Waals surface area contributed by atoms with Crippen molar-refractivity contribution in [2.75, 3.05) is 33.1 Å². The van der Waals surface area contributed by atoms with E-state index in [0.29, 0.717) is 6.54 Å². The molecular formula is C20H27N3O2. The van der Waals surface area contributed by atoms with E-state index in [2.05, 4.69) is 15.5 Å². The number of carbonyl (C=O) groups excluding carboxylic acids is 1. The van der Waals surface area contributed by atoms with Crippen LogP contribution in [0, 0.1) is 13.8 Å². The Morgan fingerprint density at radius 3 is 2.36 bits per heavy atom. The third-order valence-corrected chi connectivity index (χ3v) is 4.28. The Morgan fingerprint density at radius 2 is 1.76 bits per heavy atom. The molecule has 2 aromatic carbocycles. The van der Waals surface area contributed by atoms with Crippen LogP contribution in [0.25, 0.3) is 0 Å². The number of hydrogen-bond donors (Lipinski definition) is 2. The number of benzene rings is 2. The Bertz CT molecular complexity index is 708. The number of nitrogens with one attached hydrogen (secondary N) is 2. The number of methoxy groups -OCH3 is 1. The van der Waals surface area contributed by atoms with Crippen molar-refractivity contribution in [1.82, 2.24) is 10.2 Å². The lowest BCUT2D eigenvalue weighted by Crippen LogP contribution is -2.37. The molecule has 5 heteroatoms. The maximum atomic E-state index is 12.3. The normalized spacial score (nSPS) is 11.9. The molecule has 0 aliphatic carbocycles. The van der Waals surface area contributed by atoms with Gasteiger partial charge >= 0.3 is 6.03 Å². The monoisotopic (exact) mass is 341 g/mol. The van der Waals surface area contributed by atoms with E-state index >= 15 is 0 Å². The van der Waals surface area contributed by atoms with Crippen LogP contribution in [0.5, 0.6) is 5.75 Å². The molecule has 0 heterocycles. The lowest BCUT2D eigenvalue weighted by atomic mass is 10.1. The molecule has 0 saturated carbocycles. The first-order chi connectivity index (χ1) is 11.9. The van der Waals surface area contributed by atoms with Gasteiger partial charge in [0.15, 0.2) is 0 Å². The molecule has 1 atom stereocenters. The third kappa shape index (κ3) is 4.97. The fourth-order valence-corrected chi connectivity index (χ4v) is 2.81. The molecule has 0 aliphatic heterocycles. The van der Waals surface area contributed by atoms with Gasteiger partial charge in [0.05, 0.1) is 13.2 Å². The van der Waals surface area contributed by atoms with E-state index in [0.717, 1.165) is 28.1 Å². The minimum atomic E-state index is -0.202. The van der Waals surface area contributed by atoms with Crippen LogP contribution in [-0.4, -0.2) is 38.7 Å². The number of amides is 2. The number of likely N-dealkylation sites (N-methyl/N-ethyl adjacent to an activating group) is 1. The standard InChI is InChI=1S/C20H27N3O2/c1-14-8-6-9-15(2)19(14)22-20(24)21-13-18(23(3)4)16-10-7-11-17(12-16)25-5/h6-12,18H,13H2,1-5H3,(H2,21,22,24). The van der Waals surface area contributed by atoms with Crippen molar-refractivity contribution in [3.8, 4) is 5.75 Å². The van der Waals surface area contributed by atoms with Gasteiger partial charge in [-0.15, -0.1) is 0 Å². The van der Waals surface area contributed by atoms with E-state index in [1.165, 1.54) is 0 Å². The summed E-state index contributed by atoms with van der Waals surface area (Å²) in [6.45, 7) is 4.47. The highest BCUT2D eigenvalue weighted by Crippen LogP contribution is 2.22. The summed E-state index contributed by atoms with van der Waals surface area (Å²) in [7, 11) is 5.64. The van der Waals surface area contributed by atoms with Crippen LogP contribution < -0.4 is 15.4 Å². The zero-order valence-corrected chi connectivity index (χ0v) is 15.6. The summed E-state index contributed by atoms with van der Waals surface area (Å²) in [5.74, 6) is 0.810. The van der Waals surface area contributed by atoms with Crippen LogP contribution in [0.4, 0.5) is 10.5 Å². The first-order valence-corrected chi connectivity index (χ1v) is 8.33. The van der Waals surface area contributed by atoms with Gasteiger partial charge in [-0.2, -0.15) is 0 Å². The number of carbonyl (C=O) groups is 1. The Kier molecular flexibility index (Phi) is 6.42. The Labute approximate surface area is 150 Å². The largest absolute Gasteiger partial charge is 0.497 e. The Morgan fingerprint density at radius 1 is 1.12 bits per heavy atom. The molecule has 0 saturated heterocycles. The second kappa shape index (κ2) is 8.53. The summed E-state index contributed by atoms with van der Waals surface area (Å²) in [6.07, 6.45) is 0. The number of hydrogen-bond acceptors (Lipinski definition) is 3. The molecule has 0 fully saturated rings. The first kappa shape index (κ1) is 18.8. The maximum absolute atomic E-state index is 12.3. The summed E-state index contributed by atoms with van der Waals surface area (Å²) in [5, 5.41) is 5.92. The van der Waals surface area contributed by atoms with Crippen molar-refractivity contribution in [3.63, 3.8) is 0 Å². The molecule has 2 rings (SSSR count). The van der Waals surface area contributed by atoms with Gasteiger partial charge in [0.1, 0.15) is 5.75 Å². The molecule has 1 unspecified atom stereocenters. The summed E-state index contributed by atoms with van der Waals surface area (Å²) in [5.41, 5.74) is 4.05. The molecule has 0 radical (unpaired) electrons. The van der Waals surface area contributed by atoms with Crippen LogP contribution >= 0.6 is 0 Å². The van der Waals surface area contributed by atoms with Gasteiger partial charge in [0.25, 0.3) is 0 Å². The molecule has 2 amide bonds. The molecule has 2 aromatic rings. The van der Waals surface area contributed by atoms with Crippen molar-refractivity contribution in [1.29, 1.82) is 0 Å². The van der Waals surface area contributed by atoms with E-state index in [4.69, 9.17) is 4.74 Å². The predicted molar refractivity (Wildman–Crippen MR) is 102 cm³/mol. The topological polar surface area (TPSA) is 53.6 Å². The van der Waals surface area contributed by atoms with Crippen molar-refractivity contribution in [2.24, 2.45) is 0 Å². The minimum Gasteiger partial charge on any atom is -0.497 e. The van der Waals surface area contributed by atoms with Gasteiger partial charge < -0.3 is 20.3 Å². The zero-order valence-electron chi connectivity index (χ0n) is 15.6. The smallest absolute Gasteiger partial charge is 0.319 e. The van der Waals surface area contributed by atoms with Gasteiger partial charge in [-0.25, -0.2) is 4.79 Å². The highest BCUT2D eigenvalue weighted by Gasteiger charge is 2.16. The fraction of sp³-hybridized carbons (Fsp3) is 0.350. The van der Waals surface area contributed by atoms with Gasteiger partial charge in [-0.05, 0) is 56.8 Å². The average molecular weight is 341 g/mol. The number of aryl methyl sites for hydroxylation is 2. The average Bonchev–Trinajstić information content (AvgIpc) is 2.58. The van der Waals surface area contributed by atoms with Crippen LogP contribution in [0.15, 0.2) is 42.5 Å². The minimum absolute atomic E-state index is 0.0545. The van der Waals surface area contributed by atoms with Crippen molar-refractivity contribution in [2.45, 2.75) is 19.9 Å². The summed E-state index contributed by atoms with van der Waals surface area (Å²) in [6, 6.07) is 13.7. The number of rotatable bonds is 6. The summed E-state index contributed by atoms with van der Waals surface area (Å²) < 4.78 is 5.30. The van der Waals surface area contributed by atoms with Gasteiger partial charge in [0, 0.05) is 12.2 Å². The van der Waals surface area contributed by atoms with E-state index in [1.54, 1.807) is 7.11 Å². The van der Waals surface area contributed by atoms with E-state index in [9.17, 15) is 4.79 Å². The highest BCUT2D eigenvalue weighted by atomic mass is 16.5. The number of ether oxygens (including phenoxy) is 1. The number of nitrogens with zero attached hydrogens (tertiary/aromatic N) is 1. The Hall–Kier alpha value is -2.53. The van der Waals surface area contributed by atoms with Gasteiger partial charge in [0.2, 0.25) is 0 Å². The molecule has 5 nitrogen and oxygen atoms in total. The van der Waals surface area contributed by atoms with Crippen LogP contribution in [-0.2, 0) is 0 Å². The molecule has 0 aromatic heterocycles. The van der Waals surface area contributed by atoms with E-state index in [-0.39, 0.29) is 12.1 Å². The Balaban J connectivity index is 2.04. The number of urea groups is 1. The molecule has 25 heavy (non-hydrogen) atoms. The van der Waals surface area contributed by atoms with E-state index in [1.807, 2.05) is 70.4 Å². The molecule has 0 spiro atoms.